The molecule has 0 saturated carbocycles. The highest BCUT2D eigenvalue weighted by atomic mass is 35.5. The van der Waals surface area contributed by atoms with Gasteiger partial charge in [0, 0.05) is 24.0 Å². The summed E-state index contributed by atoms with van der Waals surface area (Å²) in [6.07, 6.45) is 0.330. The fraction of sp³-hybridized carbons (Fsp3) is 0.385. The smallest absolute Gasteiger partial charge is 0.242 e. The molecule has 1 atom stereocenters. The van der Waals surface area contributed by atoms with Crippen molar-refractivity contribution < 1.29 is 9.59 Å². The zero-order chi connectivity index (χ0) is 13.1. The number of nitrogens with one attached hydrogen (secondary N) is 1. The van der Waals surface area contributed by atoms with Crippen LogP contribution in [0.2, 0.25) is 5.02 Å². The normalized spacial score (nSPS) is 20.6. The third-order valence-corrected chi connectivity index (χ3v) is 3.44. The van der Waals surface area contributed by atoms with Crippen molar-refractivity contribution in [1.82, 2.24) is 10.2 Å². The van der Waals surface area contributed by atoms with Crippen LogP contribution in [0.4, 0.5) is 0 Å². The molecule has 1 aromatic carbocycles. The van der Waals surface area contributed by atoms with E-state index in [-0.39, 0.29) is 24.4 Å². The van der Waals surface area contributed by atoms with Gasteiger partial charge in [0.15, 0.2) is 0 Å². The standard InChI is InChI=1S/C13H15ClN2O2/c1-9-6-12(17)15-7-13(18)16(9)8-10-4-2-3-5-11(10)14/h2-5,9H,6-8H2,1H3,(H,15,17). The summed E-state index contributed by atoms with van der Waals surface area (Å²) in [4.78, 5) is 25.0. The Morgan fingerprint density at radius 2 is 2.11 bits per heavy atom. The van der Waals surface area contributed by atoms with Gasteiger partial charge in [0.25, 0.3) is 0 Å². The first-order chi connectivity index (χ1) is 8.58. The van der Waals surface area contributed by atoms with Gasteiger partial charge in [-0.05, 0) is 18.6 Å². The largest absolute Gasteiger partial charge is 0.347 e. The number of hydrogen-bond donors (Lipinski definition) is 1. The fourth-order valence-corrected chi connectivity index (χ4v) is 2.22. The van der Waals surface area contributed by atoms with Crippen LogP contribution in [-0.4, -0.2) is 29.3 Å². The fourth-order valence-electron chi connectivity index (χ4n) is 2.03. The van der Waals surface area contributed by atoms with E-state index in [0.717, 1.165) is 5.56 Å². The molecule has 0 radical (unpaired) electrons. The maximum atomic E-state index is 12.0. The third kappa shape index (κ3) is 2.82. The van der Waals surface area contributed by atoms with E-state index in [1.165, 1.54) is 0 Å². The summed E-state index contributed by atoms with van der Waals surface area (Å²) in [5.74, 6) is -0.161. The van der Waals surface area contributed by atoms with Crippen LogP contribution in [0.1, 0.15) is 18.9 Å². The maximum absolute atomic E-state index is 12.0. The summed E-state index contributed by atoms with van der Waals surface area (Å²) in [5, 5.41) is 3.23. The second-order valence-electron chi connectivity index (χ2n) is 4.44. The molecule has 1 N–H and O–H groups in total. The van der Waals surface area contributed by atoms with E-state index < -0.39 is 0 Å². The van der Waals surface area contributed by atoms with Crippen molar-refractivity contribution in [1.29, 1.82) is 0 Å². The number of carbonyl (C=O) groups is 2. The Morgan fingerprint density at radius 3 is 2.83 bits per heavy atom. The van der Waals surface area contributed by atoms with E-state index in [1.54, 1.807) is 11.0 Å². The first kappa shape index (κ1) is 12.9. The lowest BCUT2D eigenvalue weighted by atomic mass is 10.1. The van der Waals surface area contributed by atoms with Crippen LogP contribution >= 0.6 is 11.6 Å². The molecule has 1 aliphatic rings. The van der Waals surface area contributed by atoms with Crippen molar-refractivity contribution in [2.75, 3.05) is 6.54 Å². The molecule has 1 fully saturated rings. The Balaban J connectivity index is 2.18. The summed E-state index contributed by atoms with van der Waals surface area (Å²) in [5.41, 5.74) is 0.897. The van der Waals surface area contributed by atoms with Crippen molar-refractivity contribution in [3.05, 3.63) is 34.9 Å². The van der Waals surface area contributed by atoms with Gasteiger partial charge in [-0.25, -0.2) is 0 Å². The van der Waals surface area contributed by atoms with E-state index in [1.807, 2.05) is 25.1 Å². The summed E-state index contributed by atoms with van der Waals surface area (Å²) in [7, 11) is 0. The highest BCUT2D eigenvalue weighted by molar-refractivity contribution is 6.31. The minimum absolute atomic E-state index is 0.0631. The Labute approximate surface area is 111 Å². The first-order valence-electron chi connectivity index (χ1n) is 5.87. The van der Waals surface area contributed by atoms with E-state index >= 15 is 0 Å². The van der Waals surface area contributed by atoms with Crippen molar-refractivity contribution in [2.24, 2.45) is 0 Å². The molecule has 5 heteroatoms. The molecule has 2 amide bonds. The Morgan fingerprint density at radius 1 is 1.39 bits per heavy atom. The minimum atomic E-state index is -0.115. The van der Waals surface area contributed by atoms with E-state index in [0.29, 0.717) is 18.0 Å². The SMILES string of the molecule is CC1CC(=O)NCC(=O)N1Cc1ccccc1Cl. The van der Waals surface area contributed by atoms with Crippen molar-refractivity contribution in [2.45, 2.75) is 25.9 Å². The molecular formula is C13H15ClN2O2. The molecule has 1 heterocycles. The number of rotatable bonds is 2. The number of halogens is 1. The lowest BCUT2D eigenvalue weighted by Crippen LogP contribution is -2.39. The molecular weight excluding hydrogens is 252 g/mol. The number of amides is 2. The zero-order valence-electron chi connectivity index (χ0n) is 10.1. The first-order valence-corrected chi connectivity index (χ1v) is 6.25. The number of hydrogen-bond acceptors (Lipinski definition) is 2. The second kappa shape index (κ2) is 5.40. The molecule has 18 heavy (non-hydrogen) atoms. The highest BCUT2D eigenvalue weighted by Crippen LogP contribution is 2.19. The monoisotopic (exact) mass is 266 g/mol. The van der Waals surface area contributed by atoms with Crippen molar-refractivity contribution >= 4 is 23.4 Å². The topological polar surface area (TPSA) is 49.4 Å². The van der Waals surface area contributed by atoms with Gasteiger partial charge >= 0.3 is 0 Å². The van der Waals surface area contributed by atoms with Gasteiger partial charge in [0.2, 0.25) is 11.8 Å². The van der Waals surface area contributed by atoms with Crippen LogP contribution in [0, 0.1) is 0 Å². The van der Waals surface area contributed by atoms with E-state index in [4.69, 9.17) is 11.6 Å². The van der Waals surface area contributed by atoms with Crippen molar-refractivity contribution in [3.8, 4) is 0 Å². The van der Waals surface area contributed by atoms with Gasteiger partial charge in [-0.3, -0.25) is 9.59 Å². The van der Waals surface area contributed by atoms with Gasteiger partial charge in [-0.2, -0.15) is 0 Å². The summed E-state index contributed by atoms with van der Waals surface area (Å²) in [6.45, 7) is 2.38. The zero-order valence-corrected chi connectivity index (χ0v) is 10.9. The van der Waals surface area contributed by atoms with Gasteiger partial charge in [0.05, 0.1) is 6.54 Å². The Bertz CT molecular complexity index is 476. The summed E-state index contributed by atoms with van der Waals surface area (Å²) < 4.78 is 0. The van der Waals surface area contributed by atoms with Crippen LogP contribution in [0.15, 0.2) is 24.3 Å². The van der Waals surface area contributed by atoms with Crippen LogP contribution in [-0.2, 0) is 16.1 Å². The maximum Gasteiger partial charge on any atom is 0.242 e. The molecule has 0 spiro atoms. The Hall–Kier alpha value is -1.55. The number of carbonyl (C=O) groups excluding carboxylic acids is 2. The average Bonchev–Trinajstić information content (AvgIpc) is 2.45. The molecule has 96 valence electrons. The molecule has 2 rings (SSSR count). The Kier molecular flexibility index (Phi) is 3.87. The van der Waals surface area contributed by atoms with E-state index in [2.05, 4.69) is 5.32 Å². The van der Waals surface area contributed by atoms with Crippen LogP contribution in [0.25, 0.3) is 0 Å². The molecule has 4 nitrogen and oxygen atoms in total. The predicted octanol–water partition coefficient (Wildman–Crippen LogP) is 1.58. The minimum Gasteiger partial charge on any atom is -0.347 e. The van der Waals surface area contributed by atoms with Gasteiger partial charge in [-0.15, -0.1) is 0 Å². The summed E-state index contributed by atoms with van der Waals surface area (Å²) in [6, 6.07) is 7.31. The van der Waals surface area contributed by atoms with Crippen LogP contribution < -0.4 is 5.32 Å². The molecule has 1 aliphatic heterocycles. The lowest BCUT2D eigenvalue weighted by molar-refractivity contribution is -0.132. The van der Waals surface area contributed by atoms with Gasteiger partial charge in [0.1, 0.15) is 0 Å². The molecule has 0 aliphatic carbocycles. The second-order valence-corrected chi connectivity index (χ2v) is 4.85. The highest BCUT2D eigenvalue weighted by Gasteiger charge is 2.26. The molecule has 1 aromatic rings. The lowest BCUT2D eigenvalue weighted by Gasteiger charge is -2.26. The number of benzene rings is 1. The van der Waals surface area contributed by atoms with Gasteiger partial charge in [-0.1, -0.05) is 29.8 Å². The van der Waals surface area contributed by atoms with Gasteiger partial charge < -0.3 is 10.2 Å². The molecule has 0 bridgehead atoms. The molecule has 1 saturated heterocycles. The molecule has 1 unspecified atom stereocenters. The van der Waals surface area contributed by atoms with Crippen molar-refractivity contribution in [3.63, 3.8) is 0 Å². The van der Waals surface area contributed by atoms with Crippen LogP contribution in [0.3, 0.4) is 0 Å². The average molecular weight is 267 g/mol. The summed E-state index contributed by atoms with van der Waals surface area (Å²) >= 11 is 6.09. The number of nitrogens with zero attached hydrogens (tertiary/aromatic N) is 1. The molecule has 0 aromatic heterocycles. The third-order valence-electron chi connectivity index (χ3n) is 3.07. The van der Waals surface area contributed by atoms with Crippen LogP contribution in [0.5, 0.6) is 0 Å². The van der Waals surface area contributed by atoms with E-state index in [9.17, 15) is 9.59 Å². The quantitative estimate of drug-likeness (QED) is 0.884. The predicted molar refractivity (Wildman–Crippen MR) is 69.1 cm³/mol.